The summed E-state index contributed by atoms with van der Waals surface area (Å²) in [6.07, 6.45) is 0. The third kappa shape index (κ3) is 4.62. The zero-order chi connectivity index (χ0) is 20.3. The molecular weight excluding hydrogens is 354 g/mol. The first kappa shape index (κ1) is 20.6. The maximum Gasteiger partial charge on any atom is 0.336 e. The summed E-state index contributed by atoms with van der Waals surface area (Å²) < 4.78 is 5.41. The Balaban J connectivity index is 1.66. The molecule has 0 bridgehead atoms. The van der Waals surface area contributed by atoms with E-state index in [1.807, 2.05) is 31.7 Å². The average Bonchev–Trinajstić information content (AvgIpc) is 2.66. The minimum Gasteiger partial charge on any atom is -0.423 e. The van der Waals surface area contributed by atoms with Crippen molar-refractivity contribution >= 4 is 16.9 Å². The molecule has 1 saturated heterocycles. The SMILES string of the molecule is CCN(CC)C(=O)CN1CCN(Cc2cc(=O)oc3cc(C)c(C)cc23)CC1. The fraction of sp³-hybridized carbons (Fsp3) is 0.545. The summed E-state index contributed by atoms with van der Waals surface area (Å²) in [6.45, 7) is 14.4. The second kappa shape index (κ2) is 8.88. The third-order valence-electron chi connectivity index (χ3n) is 5.78. The lowest BCUT2D eigenvalue weighted by atomic mass is 10.0. The van der Waals surface area contributed by atoms with Crippen LogP contribution in [0, 0.1) is 13.8 Å². The van der Waals surface area contributed by atoms with Crippen molar-refractivity contribution < 1.29 is 9.21 Å². The lowest BCUT2D eigenvalue weighted by molar-refractivity contribution is -0.132. The van der Waals surface area contributed by atoms with Crippen LogP contribution in [0.1, 0.15) is 30.5 Å². The molecule has 1 aliphatic heterocycles. The number of carbonyl (C=O) groups excluding carboxylic acids is 1. The Morgan fingerprint density at radius 2 is 1.61 bits per heavy atom. The van der Waals surface area contributed by atoms with Gasteiger partial charge in [0, 0.05) is 57.3 Å². The van der Waals surface area contributed by atoms with E-state index < -0.39 is 0 Å². The number of carbonyl (C=O) groups is 1. The Kier molecular flexibility index (Phi) is 6.52. The molecule has 152 valence electrons. The molecule has 2 aromatic rings. The zero-order valence-corrected chi connectivity index (χ0v) is 17.5. The van der Waals surface area contributed by atoms with Gasteiger partial charge in [0.1, 0.15) is 5.58 Å². The summed E-state index contributed by atoms with van der Waals surface area (Å²) >= 11 is 0. The van der Waals surface area contributed by atoms with E-state index in [0.29, 0.717) is 12.1 Å². The van der Waals surface area contributed by atoms with E-state index in [0.717, 1.165) is 62.3 Å². The van der Waals surface area contributed by atoms with Gasteiger partial charge in [-0.15, -0.1) is 0 Å². The monoisotopic (exact) mass is 385 g/mol. The molecule has 0 unspecified atom stereocenters. The minimum atomic E-state index is -0.297. The number of hydrogen-bond acceptors (Lipinski definition) is 5. The van der Waals surface area contributed by atoms with Crippen LogP contribution in [0.15, 0.2) is 27.4 Å². The smallest absolute Gasteiger partial charge is 0.336 e. The molecule has 0 N–H and O–H groups in total. The number of nitrogens with zero attached hydrogens (tertiary/aromatic N) is 3. The van der Waals surface area contributed by atoms with Gasteiger partial charge in [-0.05, 0) is 56.5 Å². The van der Waals surface area contributed by atoms with E-state index in [-0.39, 0.29) is 11.5 Å². The van der Waals surface area contributed by atoms with Crippen molar-refractivity contribution in [1.29, 1.82) is 0 Å². The van der Waals surface area contributed by atoms with Crippen LogP contribution in [0.5, 0.6) is 0 Å². The van der Waals surface area contributed by atoms with E-state index in [1.54, 1.807) is 6.07 Å². The van der Waals surface area contributed by atoms with Crippen LogP contribution >= 0.6 is 0 Å². The number of rotatable bonds is 6. The number of benzene rings is 1. The largest absolute Gasteiger partial charge is 0.423 e. The summed E-state index contributed by atoms with van der Waals surface area (Å²) in [4.78, 5) is 30.8. The Bertz CT molecular complexity index is 894. The van der Waals surface area contributed by atoms with E-state index >= 15 is 0 Å². The van der Waals surface area contributed by atoms with Gasteiger partial charge in [-0.2, -0.15) is 0 Å². The van der Waals surface area contributed by atoms with Crippen molar-refractivity contribution in [2.24, 2.45) is 0 Å². The Morgan fingerprint density at radius 3 is 2.25 bits per heavy atom. The molecule has 0 aliphatic carbocycles. The topological polar surface area (TPSA) is 57.0 Å². The van der Waals surface area contributed by atoms with Gasteiger partial charge in [0.15, 0.2) is 0 Å². The molecule has 1 fully saturated rings. The highest BCUT2D eigenvalue weighted by atomic mass is 16.4. The average molecular weight is 386 g/mol. The first-order valence-electron chi connectivity index (χ1n) is 10.2. The first-order chi connectivity index (χ1) is 13.4. The number of fused-ring (bicyclic) bond motifs is 1. The van der Waals surface area contributed by atoms with Gasteiger partial charge >= 0.3 is 5.63 Å². The summed E-state index contributed by atoms with van der Waals surface area (Å²) in [5.41, 5.74) is 3.70. The molecule has 1 amide bonds. The Hall–Kier alpha value is -2.18. The van der Waals surface area contributed by atoms with Crippen molar-refractivity contribution in [2.45, 2.75) is 34.2 Å². The normalized spacial score (nSPS) is 15.9. The number of piperazine rings is 1. The maximum atomic E-state index is 12.3. The van der Waals surface area contributed by atoms with Gasteiger partial charge < -0.3 is 9.32 Å². The second-order valence-corrected chi connectivity index (χ2v) is 7.64. The van der Waals surface area contributed by atoms with Crippen LogP contribution in [-0.2, 0) is 11.3 Å². The van der Waals surface area contributed by atoms with Crippen LogP contribution in [0.3, 0.4) is 0 Å². The van der Waals surface area contributed by atoms with Crippen molar-refractivity contribution in [1.82, 2.24) is 14.7 Å². The molecular formula is C22H31N3O3. The third-order valence-corrected chi connectivity index (χ3v) is 5.78. The molecule has 1 aromatic heterocycles. The Labute approximate surface area is 166 Å². The van der Waals surface area contributed by atoms with Crippen molar-refractivity contribution in [3.05, 3.63) is 45.3 Å². The summed E-state index contributed by atoms with van der Waals surface area (Å²) in [5, 5.41) is 1.02. The predicted molar refractivity (Wildman–Crippen MR) is 112 cm³/mol. The zero-order valence-electron chi connectivity index (χ0n) is 17.5. The van der Waals surface area contributed by atoms with Crippen molar-refractivity contribution in [3.8, 4) is 0 Å². The molecule has 1 aliphatic rings. The van der Waals surface area contributed by atoms with E-state index in [1.165, 1.54) is 5.56 Å². The predicted octanol–water partition coefficient (Wildman–Crippen LogP) is 2.40. The fourth-order valence-corrected chi connectivity index (χ4v) is 3.83. The number of hydrogen-bond donors (Lipinski definition) is 0. The Morgan fingerprint density at radius 1 is 1.00 bits per heavy atom. The van der Waals surface area contributed by atoms with Crippen LogP contribution in [0.2, 0.25) is 0 Å². The van der Waals surface area contributed by atoms with Gasteiger partial charge in [-0.3, -0.25) is 14.6 Å². The van der Waals surface area contributed by atoms with Gasteiger partial charge in [0.2, 0.25) is 5.91 Å². The summed E-state index contributed by atoms with van der Waals surface area (Å²) in [7, 11) is 0. The summed E-state index contributed by atoms with van der Waals surface area (Å²) in [5.74, 6) is 0.205. The van der Waals surface area contributed by atoms with E-state index in [4.69, 9.17) is 4.42 Å². The van der Waals surface area contributed by atoms with Gasteiger partial charge in [-0.1, -0.05) is 0 Å². The van der Waals surface area contributed by atoms with Gasteiger partial charge in [0.25, 0.3) is 0 Å². The lowest BCUT2D eigenvalue weighted by Crippen LogP contribution is -2.49. The first-order valence-corrected chi connectivity index (χ1v) is 10.2. The van der Waals surface area contributed by atoms with Crippen molar-refractivity contribution in [2.75, 3.05) is 45.8 Å². The molecule has 3 rings (SSSR count). The number of likely N-dealkylation sites (N-methyl/N-ethyl adjacent to an activating group) is 1. The van der Waals surface area contributed by atoms with E-state index in [9.17, 15) is 9.59 Å². The van der Waals surface area contributed by atoms with Crippen LogP contribution in [0.25, 0.3) is 11.0 Å². The fourth-order valence-electron chi connectivity index (χ4n) is 3.83. The van der Waals surface area contributed by atoms with Crippen LogP contribution in [0.4, 0.5) is 0 Å². The minimum absolute atomic E-state index is 0.205. The molecule has 28 heavy (non-hydrogen) atoms. The van der Waals surface area contributed by atoms with Crippen LogP contribution < -0.4 is 5.63 Å². The van der Waals surface area contributed by atoms with Crippen molar-refractivity contribution in [3.63, 3.8) is 0 Å². The molecule has 1 aromatic carbocycles. The molecule has 6 nitrogen and oxygen atoms in total. The van der Waals surface area contributed by atoms with E-state index in [2.05, 4.69) is 22.8 Å². The molecule has 0 saturated carbocycles. The molecule has 0 atom stereocenters. The maximum absolute atomic E-state index is 12.3. The highest BCUT2D eigenvalue weighted by Crippen LogP contribution is 2.23. The van der Waals surface area contributed by atoms with Gasteiger partial charge in [-0.25, -0.2) is 4.79 Å². The molecule has 0 spiro atoms. The molecule has 6 heteroatoms. The highest BCUT2D eigenvalue weighted by Gasteiger charge is 2.21. The molecule has 0 radical (unpaired) electrons. The summed E-state index contributed by atoms with van der Waals surface area (Å²) in [6, 6.07) is 5.68. The quantitative estimate of drug-likeness (QED) is 0.715. The number of aryl methyl sites for hydroxylation is 2. The van der Waals surface area contributed by atoms with Gasteiger partial charge in [0.05, 0.1) is 6.54 Å². The lowest BCUT2D eigenvalue weighted by Gasteiger charge is -2.35. The second-order valence-electron chi connectivity index (χ2n) is 7.64. The highest BCUT2D eigenvalue weighted by molar-refractivity contribution is 5.82. The molecule has 2 heterocycles. The number of amides is 1. The standard InChI is InChI=1S/C22H31N3O3/c1-5-25(6-2)21(26)15-24-9-7-23(8-10-24)14-18-13-22(27)28-20-12-17(4)16(3)11-19(18)20/h11-13H,5-10,14-15H2,1-4H3. The van der Waals surface area contributed by atoms with Crippen LogP contribution in [-0.4, -0.2) is 66.4 Å².